The summed E-state index contributed by atoms with van der Waals surface area (Å²) >= 11 is 9.52. The molecule has 0 fully saturated rings. The summed E-state index contributed by atoms with van der Waals surface area (Å²) in [6.45, 7) is 9.85. The lowest BCUT2D eigenvalue weighted by atomic mass is 10.1. The van der Waals surface area contributed by atoms with E-state index < -0.39 is 11.6 Å². The van der Waals surface area contributed by atoms with Crippen LogP contribution in [0, 0.1) is 0 Å². The topological polar surface area (TPSA) is 58.6 Å². The molecule has 1 N–H and O–H groups in total. The Kier molecular flexibility index (Phi) is 9.59. The molecule has 0 aliphatic heterocycles. The van der Waals surface area contributed by atoms with Crippen LogP contribution in [-0.4, -0.2) is 34.9 Å². The second-order valence-electron chi connectivity index (χ2n) is 8.72. The third kappa shape index (κ3) is 7.82. The van der Waals surface area contributed by atoms with Gasteiger partial charge in [0.2, 0.25) is 5.91 Å². The van der Waals surface area contributed by atoms with Crippen molar-refractivity contribution in [3.63, 3.8) is 0 Å². The first kappa shape index (κ1) is 26.2. The fourth-order valence-electron chi connectivity index (χ4n) is 3.26. The van der Waals surface area contributed by atoms with Crippen molar-refractivity contribution in [2.75, 3.05) is 6.61 Å². The maximum Gasteiger partial charge on any atom is 0.261 e. The van der Waals surface area contributed by atoms with E-state index in [0.29, 0.717) is 17.2 Å². The van der Waals surface area contributed by atoms with Crippen LogP contribution in [0.4, 0.5) is 0 Å². The Bertz CT molecular complexity index is 926. The van der Waals surface area contributed by atoms with Gasteiger partial charge in [-0.05, 0) is 84.9 Å². The van der Waals surface area contributed by atoms with Crippen LogP contribution in [0.3, 0.4) is 0 Å². The van der Waals surface area contributed by atoms with Gasteiger partial charge in [0.25, 0.3) is 5.91 Å². The highest BCUT2D eigenvalue weighted by atomic mass is 79.9. The first-order chi connectivity index (χ1) is 15.0. The molecule has 0 aromatic heterocycles. The van der Waals surface area contributed by atoms with Gasteiger partial charge in [0.1, 0.15) is 11.8 Å². The van der Waals surface area contributed by atoms with E-state index in [-0.39, 0.29) is 25.0 Å². The molecule has 0 spiro atoms. The molecule has 174 valence electrons. The molecule has 0 radical (unpaired) electrons. The SMILES string of the molecule is CCc1ccc(OCC(=O)N(Cc2ccc(Cl)cc2)[C@@H](CC)C(=O)NC(C)(C)C)c(Br)c1. The second-order valence-corrected chi connectivity index (χ2v) is 10.0. The van der Waals surface area contributed by atoms with E-state index in [1.807, 2.05) is 58.0 Å². The van der Waals surface area contributed by atoms with Crippen molar-refractivity contribution in [3.05, 3.63) is 63.1 Å². The Balaban J connectivity index is 2.24. The maximum absolute atomic E-state index is 13.3. The van der Waals surface area contributed by atoms with Crippen molar-refractivity contribution >= 4 is 39.3 Å². The Labute approximate surface area is 204 Å². The molecule has 0 saturated heterocycles. The minimum atomic E-state index is -0.619. The summed E-state index contributed by atoms with van der Waals surface area (Å²) in [5.41, 5.74) is 1.66. The van der Waals surface area contributed by atoms with Gasteiger partial charge < -0.3 is 15.0 Å². The van der Waals surface area contributed by atoms with Crippen molar-refractivity contribution in [1.82, 2.24) is 10.2 Å². The fourth-order valence-corrected chi connectivity index (χ4v) is 3.93. The number of ether oxygens (including phenoxy) is 1. The van der Waals surface area contributed by atoms with Crippen molar-refractivity contribution < 1.29 is 14.3 Å². The van der Waals surface area contributed by atoms with Crippen LogP contribution in [-0.2, 0) is 22.6 Å². The van der Waals surface area contributed by atoms with E-state index in [4.69, 9.17) is 16.3 Å². The van der Waals surface area contributed by atoms with E-state index in [9.17, 15) is 9.59 Å². The van der Waals surface area contributed by atoms with Crippen LogP contribution in [0.5, 0.6) is 5.75 Å². The number of aryl methyl sites for hydroxylation is 1. The number of benzene rings is 2. The molecule has 2 amide bonds. The van der Waals surface area contributed by atoms with Crippen LogP contribution in [0.15, 0.2) is 46.9 Å². The summed E-state index contributed by atoms with van der Waals surface area (Å²) in [6.07, 6.45) is 1.39. The van der Waals surface area contributed by atoms with Gasteiger partial charge >= 0.3 is 0 Å². The summed E-state index contributed by atoms with van der Waals surface area (Å²) in [4.78, 5) is 27.9. The zero-order valence-electron chi connectivity index (χ0n) is 19.4. The minimum Gasteiger partial charge on any atom is -0.483 e. The molecule has 7 heteroatoms. The minimum absolute atomic E-state index is 0.170. The van der Waals surface area contributed by atoms with E-state index in [1.54, 1.807) is 17.0 Å². The number of rotatable bonds is 9. The highest BCUT2D eigenvalue weighted by molar-refractivity contribution is 9.10. The van der Waals surface area contributed by atoms with Gasteiger partial charge in [-0.3, -0.25) is 9.59 Å². The van der Waals surface area contributed by atoms with Gasteiger partial charge in [0, 0.05) is 17.1 Å². The zero-order chi connectivity index (χ0) is 23.9. The lowest BCUT2D eigenvalue weighted by molar-refractivity contribution is -0.143. The summed E-state index contributed by atoms with van der Waals surface area (Å²) < 4.78 is 6.62. The Hall–Kier alpha value is -2.05. The third-order valence-corrected chi connectivity index (χ3v) is 5.78. The van der Waals surface area contributed by atoms with Gasteiger partial charge in [-0.2, -0.15) is 0 Å². The average Bonchev–Trinajstić information content (AvgIpc) is 2.72. The average molecular weight is 524 g/mol. The number of hydrogen-bond acceptors (Lipinski definition) is 3. The van der Waals surface area contributed by atoms with Gasteiger partial charge in [-0.15, -0.1) is 0 Å². The molecule has 2 aromatic carbocycles. The number of nitrogens with one attached hydrogen (secondary N) is 1. The molecule has 0 aliphatic carbocycles. The summed E-state index contributed by atoms with van der Waals surface area (Å²) in [7, 11) is 0. The van der Waals surface area contributed by atoms with Crippen molar-refractivity contribution in [2.45, 2.75) is 65.6 Å². The van der Waals surface area contributed by atoms with E-state index in [1.165, 1.54) is 5.56 Å². The Morgan fingerprint density at radius 1 is 1.09 bits per heavy atom. The largest absolute Gasteiger partial charge is 0.483 e. The Morgan fingerprint density at radius 3 is 2.25 bits per heavy atom. The number of nitrogens with zero attached hydrogens (tertiary/aromatic N) is 1. The quantitative estimate of drug-likeness (QED) is 0.454. The fraction of sp³-hybridized carbons (Fsp3) is 0.440. The predicted molar refractivity (Wildman–Crippen MR) is 133 cm³/mol. The molecule has 0 unspecified atom stereocenters. The number of carbonyl (C=O) groups is 2. The molecule has 0 saturated carbocycles. The van der Waals surface area contributed by atoms with Gasteiger partial charge in [0.15, 0.2) is 6.61 Å². The highest BCUT2D eigenvalue weighted by Crippen LogP contribution is 2.26. The first-order valence-electron chi connectivity index (χ1n) is 10.8. The van der Waals surface area contributed by atoms with E-state index >= 15 is 0 Å². The molecule has 1 atom stereocenters. The van der Waals surface area contributed by atoms with Gasteiger partial charge in [0.05, 0.1) is 4.47 Å². The standard InChI is InChI=1S/C25H32BrClN2O3/c1-6-17-10-13-22(20(26)14-17)32-16-23(30)29(15-18-8-11-19(27)12-9-18)21(7-2)24(31)28-25(3,4)5/h8-14,21H,6-7,15-16H2,1-5H3,(H,28,31)/t21-/m0/s1. The summed E-state index contributed by atoms with van der Waals surface area (Å²) in [5.74, 6) is 0.146. The molecule has 0 bridgehead atoms. The second kappa shape index (κ2) is 11.7. The summed E-state index contributed by atoms with van der Waals surface area (Å²) in [5, 5.41) is 3.61. The number of amides is 2. The molecular weight excluding hydrogens is 492 g/mol. The van der Waals surface area contributed by atoms with Crippen molar-refractivity contribution in [3.8, 4) is 5.75 Å². The molecule has 0 aliphatic rings. The Morgan fingerprint density at radius 2 is 1.72 bits per heavy atom. The predicted octanol–water partition coefficient (Wildman–Crippen LogP) is 5.77. The lowest BCUT2D eigenvalue weighted by Gasteiger charge is -2.33. The van der Waals surface area contributed by atoms with Crippen LogP contribution < -0.4 is 10.1 Å². The molecular formula is C25H32BrClN2O3. The molecule has 2 rings (SSSR count). The smallest absolute Gasteiger partial charge is 0.261 e. The van der Waals surface area contributed by atoms with Gasteiger partial charge in [-0.1, -0.05) is 43.6 Å². The van der Waals surface area contributed by atoms with Crippen LogP contribution >= 0.6 is 27.5 Å². The van der Waals surface area contributed by atoms with E-state index in [2.05, 4.69) is 28.2 Å². The van der Waals surface area contributed by atoms with E-state index in [0.717, 1.165) is 16.5 Å². The number of carbonyl (C=O) groups excluding carboxylic acids is 2. The molecule has 5 nitrogen and oxygen atoms in total. The van der Waals surface area contributed by atoms with Crippen LogP contribution in [0.2, 0.25) is 5.02 Å². The number of halogens is 2. The third-order valence-electron chi connectivity index (χ3n) is 4.91. The van der Waals surface area contributed by atoms with Crippen LogP contribution in [0.1, 0.15) is 52.2 Å². The number of hydrogen-bond donors (Lipinski definition) is 1. The maximum atomic E-state index is 13.3. The van der Waals surface area contributed by atoms with Gasteiger partial charge in [-0.25, -0.2) is 0 Å². The lowest BCUT2D eigenvalue weighted by Crippen LogP contribution is -2.54. The monoisotopic (exact) mass is 522 g/mol. The molecule has 0 heterocycles. The zero-order valence-corrected chi connectivity index (χ0v) is 21.7. The highest BCUT2D eigenvalue weighted by Gasteiger charge is 2.31. The van der Waals surface area contributed by atoms with Crippen molar-refractivity contribution in [2.24, 2.45) is 0 Å². The molecule has 2 aromatic rings. The first-order valence-corrected chi connectivity index (χ1v) is 12.0. The van der Waals surface area contributed by atoms with Crippen LogP contribution in [0.25, 0.3) is 0 Å². The summed E-state index contributed by atoms with van der Waals surface area (Å²) in [6, 6.07) is 12.5. The molecule has 32 heavy (non-hydrogen) atoms. The normalized spacial score (nSPS) is 12.2. The van der Waals surface area contributed by atoms with Crippen molar-refractivity contribution in [1.29, 1.82) is 0 Å².